The normalized spacial score (nSPS) is 21.4. The molecule has 1 fully saturated rings. The van der Waals surface area contributed by atoms with Gasteiger partial charge in [0.2, 0.25) is 0 Å². The van der Waals surface area contributed by atoms with Crippen LogP contribution in [0.25, 0.3) is 0 Å². The summed E-state index contributed by atoms with van der Waals surface area (Å²) < 4.78 is 44.2. The molecule has 30 heavy (non-hydrogen) atoms. The third-order valence-electron chi connectivity index (χ3n) is 5.31. The number of carbonyl (C=O) groups excluding carboxylic acids is 1. The lowest BCUT2D eigenvalue weighted by atomic mass is 9.71. The number of carbonyl (C=O) groups is 1. The van der Waals surface area contributed by atoms with E-state index in [-0.39, 0.29) is 6.54 Å². The van der Waals surface area contributed by atoms with Gasteiger partial charge in [-0.3, -0.25) is 0 Å². The molecule has 0 aliphatic carbocycles. The molecule has 1 amide bonds. The second-order valence-corrected chi connectivity index (χ2v) is 9.70. The second kappa shape index (κ2) is 9.53. The number of rotatable bonds is 5. The largest absolute Gasteiger partial charge is 0.444 e. The number of nitrogens with one attached hydrogen (secondary N) is 1. The Morgan fingerprint density at radius 3 is 2.50 bits per heavy atom. The number of hydrogen-bond donors (Lipinski definition) is 1. The van der Waals surface area contributed by atoms with Crippen molar-refractivity contribution in [3.63, 3.8) is 0 Å². The summed E-state index contributed by atoms with van der Waals surface area (Å²) in [6.07, 6.45) is -2.92. The third-order valence-corrected chi connectivity index (χ3v) is 6.04. The molecule has 4 nitrogen and oxygen atoms in total. The van der Waals surface area contributed by atoms with Gasteiger partial charge in [0, 0.05) is 18.5 Å². The molecule has 0 bridgehead atoms. The molecule has 1 heterocycles. The van der Waals surface area contributed by atoms with Crippen molar-refractivity contribution >= 4 is 29.3 Å². The van der Waals surface area contributed by atoms with Gasteiger partial charge in [-0.15, -0.1) is 0 Å². The first-order chi connectivity index (χ1) is 13.7. The highest BCUT2D eigenvalue weighted by molar-refractivity contribution is 6.42. The third kappa shape index (κ3) is 6.66. The standard InChI is InChI=1S/C21H29Cl2F3N2O2/c1-14(21(24,25)26)27-10-9-20(15-6-7-16(22)17(23)12-15)8-5-11-28(13-20)18(29)30-19(2,3)4/h6-7,12,14,27H,5,8-11,13H2,1-4H3/t14-,20+/m0/s1. The minimum absolute atomic E-state index is 0.142. The molecule has 0 unspecified atom stereocenters. The Balaban J connectivity index is 2.26. The first-order valence-corrected chi connectivity index (χ1v) is 10.7. The summed E-state index contributed by atoms with van der Waals surface area (Å²) in [4.78, 5) is 14.3. The highest BCUT2D eigenvalue weighted by atomic mass is 35.5. The number of alkyl halides is 3. The summed E-state index contributed by atoms with van der Waals surface area (Å²) in [5.41, 5.74) is -0.335. The molecule has 0 radical (unpaired) electrons. The van der Waals surface area contributed by atoms with Gasteiger partial charge in [-0.05, 0) is 71.2 Å². The maximum absolute atomic E-state index is 12.9. The average molecular weight is 469 g/mol. The van der Waals surface area contributed by atoms with Crippen LogP contribution in [0.5, 0.6) is 0 Å². The Morgan fingerprint density at radius 1 is 1.27 bits per heavy atom. The SMILES string of the molecule is C[C@H](NCC[C@]1(c2ccc(Cl)c(Cl)c2)CCCN(C(=O)OC(C)(C)C)C1)C(F)(F)F. The van der Waals surface area contributed by atoms with E-state index in [1.807, 2.05) is 6.07 Å². The van der Waals surface area contributed by atoms with Crippen molar-refractivity contribution in [2.24, 2.45) is 0 Å². The molecule has 0 saturated carbocycles. The van der Waals surface area contributed by atoms with E-state index in [1.165, 1.54) is 0 Å². The van der Waals surface area contributed by atoms with E-state index in [9.17, 15) is 18.0 Å². The van der Waals surface area contributed by atoms with Crippen molar-refractivity contribution < 1.29 is 22.7 Å². The minimum Gasteiger partial charge on any atom is -0.444 e. The van der Waals surface area contributed by atoms with Gasteiger partial charge >= 0.3 is 12.3 Å². The van der Waals surface area contributed by atoms with Crippen LogP contribution in [0.3, 0.4) is 0 Å². The van der Waals surface area contributed by atoms with Crippen LogP contribution in [0.1, 0.15) is 52.5 Å². The van der Waals surface area contributed by atoms with Crippen LogP contribution in [-0.4, -0.2) is 48.4 Å². The Labute approximate surface area is 186 Å². The molecule has 0 aromatic heterocycles. The smallest absolute Gasteiger partial charge is 0.410 e. The molecule has 1 N–H and O–H groups in total. The highest BCUT2D eigenvalue weighted by Crippen LogP contribution is 2.40. The van der Waals surface area contributed by atoms with E-state index in [4.69, 9.17) is 27.9 Å². The molecule has 1 aliphatic heterocycles. The maximum atomic E-state index is 12.9. The Kier molecular flexibility index (Phi) is 7.97. The number of amides is 1. The van der Waals surface area contributed by atoms with Crippen LogP contribution < -0.4 is 5.32 Å². The zero-order valence-electron chi connectivity index (χ0n) is 17.7. The van der Waals surface area contributed by atoms with Gasteiger partial charge in [0.05, 0.1) is 10.0 Å². The van der Waals surface area contributed by atoms with E-state index in [0.717, 1.165) is 12.5 Å². The summed E-state index contributed by atoms with van der Waals surface area (Å²) in [7, 11) is 0. The van der Waals surface area contributed by atoms with Crippen molar-refractivity contribution in [1.82, 2.24) is 10.2 Å². The second-order valence-electron chi connectivity index (χ2n) is 8.88. The summed E-state index contributed by atoms with van der Waals surface area (Å²) in [6.45, 7) is 7.49. The molecule has 1 aromatic carbocycles. The van der Waals surface area contributed by atoms with Crippen LogP contribution in [0.2, 0.25) is 10.0 Å². The number of ether oxygens (including phenoxy) is 1. The molecule has 0 spiro atoms. The summed E-state index contributed by atoms with van der Waals surface area (Å²) in [6, 6.07) is 3.64. The summed E-state index contributed by atoms with van der Waals surface area (Å²) in [5.74, 6) is 0. The topological polar surface area (TPSA) is 41.6 Å². The molecular weight excluding hydrogens is 440 g/mol. The van der Waals surface area contributed by atoms with Crippen LogP contribution >= 0.6 is 23.2 Å². The van der Waals surface area contributed by atoms with Crippen molar-refractivity contribution in [3.05, 3.63) is 33.8 Å². The molecule has 1 saturated heterocycles. The van der Waals surface area contributed by atoms with Crippen molar-refractivity contribution in [2.75, 3.05) is 19.6 Å². The number of benzene rings is 1. The fraction of sp³-hybridized carbons (Fsp3) is 0.667. The van der Waals surface area contributed by atoms with Gasteiger partial charge in [-0.2, -0.15) is 13.2 Å². The molecule has 2 atom stereocenters. The van der Waals surface area contributed by atoms with Gasteiger partial charge in [0.25, 0.3) is 0 Å². The van der Waals surface area contributed by atoms with Crippen LogP contribution in [0, 0.1) is 0 Å². The van der Waals surface area contributed by atoms with Crippen LogP contribution in [0.15, 0.2) is 18.2 Å². The summed E-state index contributed by atoms with van der Waals surface area (Å²) >= 11 is 12.3. The van der Waals surface area contributed by atoms with Crippen molar-refractivity contribution in [1.29, 1.82) is 0 Å². The van der Waals surface area contributed by atoms with Crippen molar-refractivity contribution in [2.45, 2.75) is 70.2 Å². The fourth-order valence-corrected chi connectivity index (χ4v) is 3.97. The van der Waals surface area contributed by atoms with E-state index >= 15 is 0 Å². The molecule has 9 heteroatoms. The number of likely N-dealkylation sites (tertiary alicyclic amines) is 1. The van der Waals surface area contributed by atoms with E-state index in [0.29, 0.717) is 42.4 Å². The van der Waals surface area contributed by atoms with E-state index in [1.54, 1.807) is 37.8 Å². The quantitative estimate of drug-likeness (QED) is 0.559. The Morgan fingerprint density at radius 2 is 1.93 bits per heavy atom. The molecule has 2 rings (SSSR count). The predicted octanol–water partition coefficient (Wildman–Crippen LogP) is 6.19. The lowest BCUT2D eigenvalue weighted by Gasteiger charge is -2.44. The van der Waals surface area contributed by atoms with E-state index in [2.05, 4.69) is 5.32 Å². The first-order valence-electron chi connectivity index (χ1n) is 9.97. The van der Waals surface area contributed by atoms with E-state index < -0.39 is 29.3 Å². The van der Waals surface area contributed by atoms with Crippen LogP contribution in [0.4, 0.5) is 18.0 Å². The number of halogens is 5. The van der Waals surface area contributed by atoms with Gasteiger partial charge in [0.15, 0.2) is 0 Å². The van der Waals surface area contributed by atoms with Gasteiger partial charge < -0.3 is 15.0 Å². The zero-order chi connectivity index (χ0) is 22.7. The number of hydrogen-bond acceptors (Lipinski definition) is 3. The lowest BCUT2D eigenvalue weighted by Crippen LogP contribution is -2.51. The zero-order valence-corrected chi connectivity index (χ0v) is 19.2. The van der Waals surface area contributed by atoms with Gasteiger partial charge in [0.1, 0.15) is 11.6 Å². The average Bonchev–Trinajstić information content (AvgIpc) is 2.62. The van der Waals surface area contributed by atoms with Gasteiger partial charge in [-0.1, -0.05) is 29.3 Å². The van der Waals surface area contributed by atoms with Gasteiger partial charge in [-0.25, -0.2) is 4.79 Å². The fourth-order valence-electron chi connectivity index (χ4n) is 3.67. The Hall–Kier alpha value is -1.18. The minimum atomic E-state index is -4.31. The highest BCUT2D eigenvalue weighted by Gasteiger charge is 2.41. The van der Waals surface area contributed by atoms with Crippen LogP contribution in [-0.2, 0) is 10.2 Å². The predicted molar refractivity (Wildman–Crippen MR) is 113 cm³/mol. The molecule has 1 aliphatic rings. The molecule has 1 aromatic rings. The molecular formula is C21H29Cl2F3N2O2. The Bertz CT molecular complexity index is 753. The number of piperidine rings is 1. The lowest BCUT2D eigenvalue weighted by molar-refractivity contribution is -0.151. The van der Waals surface area contributed by atoms with Crippen molar-refractivity contribution in [3.8, 4) is 0 Å². The maximum Gasteiger partial charge on any atom is 0.410 e. The monoisotopic (exact) mass is 468 g/mol. The first kappa shape index (κ1) is 25.1. The number of nitrogens with zero attached hydrogens (tertiary/aromatic N) is 1. The summed E-state index contributed by atoms with van der Waals surface area (Å²) in [5, 5.41) is 3.33. The molecule has 170 valence electrons.